The zero-order valence-corrected chi connectivity index (χ0v) is 12.1. The lowest BCUT2D eigenvalue weighted by atomic mass is 10.1. The van der Waals surface area contributed by atoms with Crippen molar-refractivity contribution in [3.8, 4) is 0 Å². The molecule has 2 aliphatic rings. The van der Waals surface area contributed by atoms with Crippen LogP contribution in [-0.4, -0.2) is 37.6 Å². The van der Waals surface area contributed by atoms with E-state index in [0.29, 0.717) is 24.7 Å². The quantitative estimate of drug-likeness (QED) is 0.926. The lowest BCUT2D eigenvalue weighted by Crippen LogP contribution is -2.49. The van der Waals surface area contributed by atoms with E-state index in [1.54, 1.807) is 10.4 Å². The van der Waals surface area contributed by atoms with Crippen LogP contribution < -0.4 is 5.32 Å². The van der Waals surface area contributed by atoms with Crippen molar-refractivity contribution in [1.82, 2.24) is 9.62 Å². The number of nitrogens with one attached hydrogen (secondary N) is 1. The molecule has 6 heteroatoms. The molecule has 0 amide bonds. The minimum atomic E-state index is -3.15. The van der Waals surface area contributed by atoms with Crippen molar-refractivity contribution in [2.75, 3.05) is 19.6 Å². The predicted molar refractivity (Wildman–Crippen MR) is 75.7 cm³/mol. The molecule has 1 heterocycles. The molecular formula is C13H17ClN2O2S. The molecule has 104 valence electrons. The van der Waals surface area contributed by atoms with Crippen LogP contribution in [0, 0.1) is 0 Å². The highest BCUT2D eigenvalue weighted by molar-refractivity contribution is 7.90. The molecule has 0 spiro atoms. The van der Waals surface area contributed by atoms with Gasteiger partial charge in [0.1, 0.15) is 0 Å². The first-order valence-corrected chi connectivity index (χ1v) is 8.44. The van der Waals surface area contributed by atoms with Gasteiger partial charge in [0.25, 0.3) is 0 Å². The topological polar surface area (TPSA) is 49.4 Å². The maximum atomic E-state index is 12.5. The molecular weight excluding hydrogens is 284 g/mol. The Balaban J connectivity index is 1.93. The van der Waals surface area contributed by atoms with Gasteiger partial charge < -0.3 is 5.32 Å². The van der Waals surface area contributed by atoms with Crippen LogP contribution in [0.15, 0.2) is 24.3 Å². The minimum absolute atomic E-state index is 0.141. The minimum Gasteiger partial charge on any atom is -0.313 e. The number of benzene rings is 1. The van der Waals surface area contributed by atoms with Crippen molar-refractivity contribution < 1.29 is 8.42 Å². The third-order valence-electron chi connectivity index (χ3n) is 3.70. The summed E-state index contributed by atoms with van der Waals surface area (Å²) in [4.78, 5) is 0. The second-order valence-electron chi connectivity index (χ2n) is 5.13. The van der Waals surface area contributed by atoms with Crippen molar-refractivity contribution in [3.63, 3.8) is 0 Å². The number of hydrogen-bond acceptors (Lipinski definition) is 3. The first kappa shape index (κ1) is 13.4. The third-order valence-corrected chi connectivity index (χ3v) is 6.34. The number of piperazine rings is 1. The summed E-state index contributed by atoms with van der Waals surface area (Å²) in [5, 5.41) is 3.75. The second kappa shape index (κ2) is 5.05. The van der Waals surface area contributed by atoms with Crippen molar-refractivity contribution >= 4 is 21.6 Å². The summed E-state index contributed by atoms with van der Waals surface area (Å²) in [6, 6.07) is 7.33. The smallest absolute Gasteiger partial charge is 0.217 e. The molecule has 1 unspecified atom stereocenters. The molecule has 1 aliphatic heterocycles. The van der Waals surface area contributed by atoms with Gasteiger partial charge in [-0.2, -0.15) is 4.31 Å². The summed E-state index contributed by atoms with van der Waals surface area (Å²) in [6.07, 6.45) is 1.60. The molecule has 0 aromatic heterocycles. The lowest BCUT2D eigenvalue weighted by Gasteiger charge is -2.35. The molecule has 0 radical (unpaired) electrons. The highest BCUT2D eigenvalue weighted by atomic mass is 35.5. The Kier molecular flexibility index (Phi) is 3.55. The number of sulfonamides is 1. The normalized spacial score (nSPS) is 25.4. The summed E-state index contributed by atoms with van der Waals surface area (Å²) >= 11 is 6.01. The molecule has 2 fully saturated rings. The highest BCUT2D eigenvalue weighted by Crippen LogP contribution is 2.36. The molecule has 1 atom stereocenters. The third kappa shape index (κ3) is 2.65. The Hall–Kier alpha value is -0.620. The number of rotatable bonds is 3. The monoisotopic (exact) mass is 300 g/mol. The van der Waals surface area contributed by atoms with E-state index in [1.807, 2.05) is 18.2 Å². The maximum absolute atomic E-state index is 12.5. The van der Waals surface area contributed by atoms with Gasteiger partial charge in [-0.25, -0.2) is 8.42 Å². The summed E-state index contributed by atoms with van der Waals surface area (Å²) < 4.78 is 26.6. The van der Waals surface area contributed by atoms with E-state index < -0.39 is 10.0 Å². The van der Waals surface area contributed by atoms with Crippen molar-refractivity contribution in [2.24, 2.45) is 0 Å². The van der Waals surface area contributed by atoms with Gasteiger partial charge in [0.05, 0.1) is 11.3 Å². The van der Waals surface area contributed by atoms with Gasteiger partial charge in [0.15, 0.2) is 0 Å². The number of hydrogen-bond donors (Lipinski definition) is 1. The molecule has 19 heavy (non-hydrogen) atoms. The first-order chi connectivity index (χ1) is 9.09. The van der Waals surface area contributed by atoms with E-state index in [2.05, 4.69) is 5.32 Å². The fourth-order valence-corrected chi connectivity index (χ4v) is 4.76. The van der Waals surface area contributed by atoms with E-state index >= 15 is 0 Å². The molecule has 4 nitrogen and oxygen atoms in total. The van der Waals surface area contributed by atoms with E-state index in [-0.39, 0.29) is 11.3 Å². The Morgan fingerprint density at radius 2 is 2.11 bits per heavy atom. The molecule has 1 aromatic rings. The van der Waals surface area contributed by atoms with Gasteiger partial charge in [-0.1, -0.05) is 23.7 Å². The maximum Gasteiger partial charge on any atom is 0.217 e. The van der Waals surface area contributed by atoms with Crippen LogP contribution in [0.2, 0.25) is 5.02 Å². The summed E-state index contributed by atoms with van der Waals surface area (Å²) in [6.45, 7) is 1.89. The van der Waals surface area contributed by atoms with Crippen LogP contribution in [-0.2, 0) is 10.0 Å². The van der Waals surface area contributed by atoms with Crippen molar-refractivity contribution in [3.05, 3.63) is 34.9 Å². The SMILES string of the molecule is O=S(=O)(C1CC1)N1CCNCC1c1cccc(Cl)c1. The zero-order chi connectivity index (χ0) is 13.5. The second-order valence-corrected chi connectivity index (χ2v) is 7.73. The molecule has 1 saturated heterocycles. The van der Waals surface area contributed by atoms with Crippen LogP contribution in [0.3, 0.4) is 0 Å². The average Bonchev–Trinajstić information content (AvgIpc) is 3.23. The van der Waals surface area contributed by atoms with E-state index in [0.717, 1.165) is 18.4 Å². The Morgan fingerprint density at radius 1 is 1.32 bits per heavy atom. The largest absolute Gasteiger partial charge is 0.313 e. The number of nitrogens with zero attached hydrogens (tertiary/aromatic N) is 1. The molecule has 1 aliphatic carbocycles. The van der Waals surface area contributed by atoms with Gasteiger partial charge in [0, 0.05) is 24.7 Å². The Labute approximate surface area is 118 Å². The first-order valence-electron chi connectivity index (χ1n) is 6.56. The van der Waals surface area contributed by atoms with Gasteiger partial charge in [-0.15, -0.1) is 0 Å². The van der Waals surface area contributed by atoms with Crippen LogP contribution >= 0.6 is 11.6 Å². The summed E-state index contributed by atoms with van der Waals surface area (Å²) in [5.74, 6) is 0. The van der Waals surface area contributed by atoms with Crippen molar-refractivity contribution in [1.29, 1.82) is 0 Å². The van der Waals surface area contributed by atoms with Crippen LogP contribution in [0.4, 0.5) is 0 Å². The Morgan fingerprint density at radius 3 is 2.79 bits per heavy atom. The molecule has 0 bridgehead atoms. The standard InChI is InChI=1S/C13H17ClN2O2S/c14-11-3-1-2-10(8-11)13-9-15-6-7-16(13)19(17,18)12-4-5-12/h1-3,8,12-13,15H,4-7,9H2. The van der Waals surface area contributed by atoms with Gasteiger partial charge >= 0.3 is 0 Å². The number of halogens is 1. The van der Waals surface area contributed by atoms with E-state index in [1.165, 1.54) is 0 Å². The van der Waals surface area contributed by atoms with Crippen LogP contribution in [0.5, 0.6) is 0 Å². The highest BCUT2D eigenvalue weighted by Gasteiger charge is 2.43. The molecule has 3 rings (SSSR count). The molecule has 1 saturated carbocycles. The molecule has 1 aromatic carbocycles. The summed E-state index contributed by atoms with van der Waals surface area (Å²) in [5.41, 5.74) is 0.962. The summed E-state index contributed by atoms with van der Waals surface area (Å²) in [7, 11) is -3.15. The lowest BCUT2D eigenvalue weighted by molar-refractivity contribution is 0.271. The van der Waals surface area contributed by atoms with E-state index in [9.17, 15) is 8.42 Å². The average molecular weight is 301 g/mol. The van der Waals surface area contributed by atoms with Gasteiger partial charge in [-0.05, 0) is 30.5 Å². The zero-order valence-electron chi connectivity index (χ0n) is 10.5. The molecule has 1 N–H and O–H groups in total. The van der Waals surface area contributed by atoms with Crippen LogP contribution in [0.25, 0.3) is 0 Å². The Bertz CT molecular complexity index is 572. The van der Waals surface area contributed by atoms with Crippen molar-refractivity contribution in [2.45, 2.75) is 24.1 Å². The fourth-order valence-electron chi connectivity index (χ4n) is 2.55. The van der Waals surface area contributed by atoms with Gasteiger partial charge in [-0.3, -0.25) is 0 Å². The predicted octanol–water partition coefficient (Wildman–Crippen LogP) is 1.78. The van der Waals surface area contributed by atoms with Crippen LogP contribution in [0.1, 0.15) is 24.4 Å². The fraction of sp³-hybridized carbons (Fsp3) is 0.538. The van der Waals surface area contributed by atoms with Gasteiger partial charge in [0.2, 0.25) is 10.0 Å². The van der Waals surface area contributed by atoms with E-state index in [4.69, 9.17) is 11.6 Å².